The molecule has 0 radical (unpaired) electrons. The number of anilines is 1. The van der Waals surface area contributed by atoms with E-state index in [1.54, 1.807) is 17.5 Å². The standard InChI is InChI=1S/C14H15ClN2O3S/c1-2-19-11-5-3-4-6-12(11)20-8-13(18)17-14-16-10(7-15)9-21-14/h3-6,9H,2,7-8H2,1H3,(H,16,17,18). The molecular weight excluding hydrogens is 312 g/mol. The van der Waals surface area contributed by atoms with Crippen LogP contribution in [0.1, 0.15) is 12.6 Å². The summed E-state index contributed by atoms with van der Waals surface area (Å²) in [6.45, 7) is 2.31. The minimum Gasteiger partial charge on any atom is -0.490 e. The predicted octanol–water partition coefficient (Wildman–Crippen LogP) is 3.30. The lowest BCUT2D eigenvalue weighted by molar-refractivity contribution is -0.118. The largest absolute Gasteiger partial charge is 0.490 e. The van der Waals surface area contributed by atoms with Gasteiger partial charge in [-0.1, -0.05) is 12.1 Å². The minimum absolute atomic E-state index is 0.111. The number of thiazole rings is 1. The van der Waals surface area contributed by atoms with Crippen molar-refractivity contribution < 1.29 is 14.3 Å². The van der Waals surface area contributed by atoms with Gasteiger partial charge in [-0.2, -0.15) is 0 Å². The summed E-state index contributed by atoms with van der Waals surface area (Å²) in [6, 6.07) is 7.22. The molecule has 2 rings (SSSR count). The number of aromatic nitrogens is 1. The Kier molecular flexibility index (Phi) is 5.83. The van der Waals surface area contributed by atoms with Crippen molar-refractivity contribution in [2.24, 2.45) is 0 Å². The van der Waals surface area contributed by atoms with E-state index in [2.05, 4.69) is 10.3 Å². The molecule has 0 fully saturated rings. The van der Waals surface area contributed by atoms with Crippen LogP contribution >= 0.6 is 22.9 Å². The molecule has 21 heavy (non-hydrogen) atoms. The fraction of sp³-hybridized carbons (Fsp3) is 0.286. The summed E-state index contributed by atoms with van der Waals surface area (Å²) in [5.74, 6) is 1.20. The average molecular weight is 327 g/mol. The molecule has 0 atom stereocenters. The van der Waals surface area contributed by atoms with Crippen molar-refractivity contribution in [2.75, 3.05) is 18.5 Å². The van der Waals surface area contributed by atoms with Crippen LogP contribution in [0.2, 0.25) is 0 Å². The van der Waals surface area contributed by atoms with Gasteiger partial charge in [-0.3, -0.25) is 10.1 Å². The Morgan fingerprint density at radius 1 is 1.33 bits per heavy atom. The van der Waals surface area contributed by atoms with Gasteiger partial charge < -0.3 is 9.47 Å². The van der Waals surface area contributed by atoms with E-state index in [1.807, 2.05) is 19.1 Å². The Morgan fingerprint density at radius 2 is 2.05 bits per heavy atom. The van der Waals surface area contributed by atoms with Crippen LogP contribution in [-0.2, 0) is 10.7 Å². The number of benzene rings is 1. The third kappa shape index (κ3) is 4.61. The van der Waals surface area contributed by atoms with E-state index in [4.69, 9.17) is 21.1 Å². The SMILES string of the molecule is CCOc1ccccc1OCC(=O)Nc1nc(CCl)cs1. The Morgan fingerprint density at radius 3 is 2.67 bits per heavy atom. The molecule has 1 heterocycles. The minimum atomic E-state index is -0.281. The number of amides is 1. The number of carbonyl (C=O) groups is 1. The van der Waals surface area contributed by atoms with Crippen molar-refractivity contribution in [1.29, 1.82) is 0 Å². The van der Waals surface area contributed by atoms with Gasteiger partial charge in [0.2, 0.25) is 0 Å². The summed E-state index contributed by atoms with van der Waals surface area (Å²) in [4.78, 5) is 16.0. The molecule has 5 nitrogen and oxygen atoms in total. The first-order valence-corrected chi connectivity index (χ1v) is 7.79. The van der Waals surface area contributed by atoms with Gasteiger partial charge in [-0.25, -0.2) is 4.98 Å². The van der Waals surface area contributed by atoms with Gasteiger partial charge in [0.15, 0.2) is 23.2 Å². The molecule has 0 saturated carbocycles. The number of ether oxygens (including phenoxy) is 2. The number of carbonyl (C=O) groups excluding carboxylic acids is 1. The van der Waals surface area contributed by atoms with Crippen LogP contribution < -0.4 is 14.8 Å². The van der Waals surface area contributed by atoms with Crippen LogP contribution in [0, 0.1) is 0 Å². The Labute approximate surface area is 131 Å². The van der Waals surface area contributed by atoms with Crippen molar-refractivity contribution in [3.63, 3.8) is 0 Å². The van der Waals surface area contributed by atoms with Gasteiger partial charge in [-0.05, 0) is 19.1 Å². The van der Waals surface area contributed by atoms with Crippen LogP contribution in [-0.4, -0.2) is 24.1 Å². The van der Waals surface area contributed by atoms with Crippen LogP contribution in [0.25, 0.3) is 0 Å². The molecule has 1 N–H and O–H groups in total. The molecule has 0 unspecified atom stereocenters. The molecule has 7 heteroatoms. The van der Waals surface area contributed by atoms with Gasteiger partial charge in [0, 0.05) is 5.38 Å². The summed E-state index contributed by atoms with van der Waals surface area (Å²) >= 11 is 6.99. The first kappa shape index (κ1) is 15.6. The maximum atomic E-state index is 11.8. The van der Waals surface area contributed by atoms with Crippen LogP contribution in [0.3, 0.4) is 0 Å². The average Bonchev–Trinajstić information content (AvgIpc) is 2.94. The predicted molar refractivity (Wildman–Crippen MR) is 83.4 cm³/mol. The van der Waals surface area contributed by atoms with Gasteiger partial charge in [0.25, 0.3) is 5.91 Å². The fourth-order valence-corrected chi connectivity index (χ4v) is 2.52. The maximum Gasteiger partial charge on any atom is 0.264 e. The molecule has 0 spiro atoms. The molecule has 112 valence electrons. The molecule has 1 aromatic heterocycles. The highest BCUT2D eigenvalue weighted by Gasteiger charge is 2.09. The summed E-state index contributed by atoms with van der Waals surface area (Å²) < 4.78 is 10.9. The van der Waals surface area contributed by atoms with Crippen molar-refractivity contribution in [2.45, 2.75) is 12.8 Å². The number of rotatable bonds is 7. The third-order valence-electron chi connectivity index (χ3n) is 2.44. The second-order valence-electron chi connectivity index (χ2n) is 3.99. The number of hydrogen-bond acceptors (Lipinski definition) is 5. The van der Waals surface area contributed by atoms with Crippen LogP contribution in [0.15, 0.2) is 29.6 Å². The summed E-state index contributed by atoms with van der Waals surface area (Å²) in [6.07, 6.45) is 0. The van der Waals surface area contributed by atoms with Gasteiger partial charge in [0.1, 0.15) is 0 Å². The normalized spacial score (nSPS) is 10.2. The molecular formula is C14H15ClN2O3S. The Hall–Kier alpha value is -1.79. The topological polar surface area (TPSA) is 60.5 Å². The molecule has 1 aromatic carbocycles. The molecule has 0 saturated heterocycles. The second kappa shape index (κ2) is 7.85. The van der Waals surface area contributed by atoms with Gasteiger partial charge in [-0.15, -0.1) is 22.9 Å². The second-order valence-corrected chi connectivity index (χ2v) is 5.12. The van der Waals surface area contributed by atoms with Crippen molar-refractivity contribution in [1.82, 2.24) is 4.98 Å². The van der Waals surface area contributed by atoms with E-state index in [0.29, 0.717) is 29.1 Å². The molecule has 0 aliphatic carbocycles. The van der Waals surface area contributed by atoms with E-state index < -0.39 is 0 Å². The summed E-state index contributed by atoms with van der Waals surface area (Å²) in [5.41, 5.74) is 0.736. The van der Waals surface area contributed by atoms with E-state index in [9.17, 15) is 4.79 Å². The van der Waals surface area contributed by atoms with Crippen molar-refractivity contribution in [3.8, 4) is 11.5 Å². The number of nitrogens with one attached hydrogen (secondary N) is 1. The molecule has 0 aliphatic heterocycles. The quantitative estimate of drug-likeness (QED) is 0.793. The maximum absolute atomic E-state index is 11.8. The van der Waals surface area contributed by atoms with Crippen molar-refractivity contribution in [3.05, 3.63) is 35.3 Å². The first-order chi connectivity index (χ1) is 10.2. The number of hydrogen-bond donors (Lipinski definition) is 1. The zero-order chi connectivity index (χ0) is 15.1. The highest BCUT2D eigenvalue weighted by molar-refractivity contribution is 7.13. The zero-order valence-electron chi connectivity index (χ0n) is 11.5. The zero-order valence-corrected chi connectivity index (χ0v) is 13.0. The van der Waals surface area contributed by atoms with Crippen molar-refractivity contribution >= 4 is 34.0 Å². The Balaban J connectivity index is 1.89. The van der Waals surface area contributed by atoms with E-state index in [1.165, 1.54) is 11.3 Å². The highest BCUT2D eigenvalue weighted by Crippen LogP contribution is 2.26. The first-order valence-electron chi connectivity index (χ1n) is 6.37. The van der Waals surface area contributed by atoms with Gasteiger partial charge >= 0.3 is 0 Å². The van der Waals surface area contributed by atoms with Crippen LogP contribution in [0.4, 0.5) is 5.13 Å². The number of alkyl halides is 1. The lowest BCUT2D eigenvalue weighted by Crippen LogP contribution is -2.20. The highest BCUT2D eigenvalue weighted by atomic mass is 35.5. The fourth-order valence-electron chi connectivity index (χ4n) is 1.57. The third-order valence-corrected chi connectivity index (χ3v) is 3.52. The number of halogens is 1. The Bertz CT molecular complexity index is 603. The summed E-state index contributed by atoms with van der Waals surface area (Å²) in [5, 5.41) is 4.97. The lowest BCUT2D eigenvalue weighted by atomic mass is 10.3. The molecule has 1 amide bonds. The van der Waals surface area contributed by atoms with E-state index >= 15 is 0 Å². The number of nitrogens with zero attached hydrogens (tertiary/aromatic N) is 1. The molecule has 0 bridgehead atoms. The van der Waals surface area contributed by atoms with E-state index in [-0.39, 0.29) is 12.5 Å². The van der Waals surface area contributed by atoms with Gasteiger partial charge in [0.05, 0.1) is 18.2 Å². The monoisotopic (exact) mass is 326 g/mol. The lowest BCUT2D eigenvalue weighted by Gasteiger charge is -2.10. The molecule has 2 aromatic rings. The summed E-state index contributed by atoms with van der Waals surface area (Å²) in [7, 11) is 0. The smallest absolute Gasteiger partial charge is 0.264 e. The molecule has 0 aliphatic rings. The number of para-hydroxylation sites is 2. The van der Waals surface area contributed by atoms with Crippen LogP contribution in [0.5, 0.6) is 11.5 Å². The van der Waals surface area contributed by atoms with E-state index in [0.717, 1.165) is 5.69 Å².